The van der Waals surface area contributed by atoms with Crippen molar-refractivity contribution < 1.29 is 4.39 Å². The molecule has 2 heterocycles. The van der Waals surface area contributed by atoms with Gasteiger partial charge in [-0.05, 0) is 61.8 Å². The highest BCUT2D eigenvalue weighted by Gasteiger charge is 2.25. The molecule has 1 unspecified atom stereocenters. The number of hydrogen-bond donors (Lipinski definition) is 1. The van der Waals surface area contributed by atoms with Gasteiger partial charge in [0.05, 0.1) is 6.20 Å². The Bertz CT molecular complexity index is 755. The summed E-state index contributed by atoms with van der Waals surface area (Å²) in [6, 6.07) is 6.84. The molecule has 27 heavy (non-hydrogen) atoms. The molecule has 0 amide bonds. The lowest BCUT2D eigenvalue weighted by Gasteiger charge is -2.21. The van der Waals surface area contributed by atoms with Crippen LogP contribution in [0.5, 0.6) is 0 Å². The Morgan fingerprint density at radius 3 is 3.00 bits per heavy atom. The Labute approximate surface area is 161 Å². The standard InChI is InChI=1S/C21H30FN5/c1-3-23-21(24-10-5-7-17-6-4-8-20(22)13-17)27-11-9-18(16-27)12-19-14-25-26(2)15-19/h4,6,8,13-15,18H,3,5,7,9-12,16H2,1-2H3,(H,23,24). The molecule has 1 aromatic carbocycles. The Hall–Kier alpha value is -2.37. The Kier molecular flexibility index (Phi) is 6.85. The highest BCUT2D eigenvalue weighted by atomic mass is 19.1. The van der Waals surface area contributed by atoms with Crippen molar-refractivity contribution in [2.24, 2.45) is 18.0 Å². The second kappa shape index (κ2) is 9.53. The lowest BCUT2D eigenvalue weighted by atomic mass is 10.0. The van der Waals surface area contributed by atoms with E-state index in [1.807, 2.05) is 24.0 Å². The molecule has 2 aromatic rings. The minimum absolute atomic E-state index is 0.166. The van der Waals surface area contributed by atoms with Crippen LogP contribution >= 0.6 is 0 Å². The monoisotopic (exact) mass is 371 g/mol. The van der Waals surface area contributed by atoms with Gasteiger partial charge in [-0.2, -0.15) is 5.10 Å². The second-order valence-corrected chi connectivity index (χ2v) is 7.30. The average Bonchev–Trinajstić information content (AvgIpc) is 3.27. The summed E-state index contributed by atoms with van der Waals surface area (Å²) >= 11 is 0. The van der Waals surface area contributed by atoms with E-state index in [-0.39, 0.29) is 5.82 Å². The van der Waals surface area contributed by atoms with Crippen LogP contribution in [0, 0.1) is 11.7 Å². The molecule has 0 spiro atoms. The highest BCUT2D eigenvalue weighted by Crippen LogP contribution is 2.20. The quantitative estimate of drug-likeness (QED) is 0.462. The van der Waals surface area contributed by atoms with Crippen LogP contribution in [0.1, 0.15) is 30.9 Å². The molecule has 6 heteroatoms. The van der Waals surface area contributed by atoms with Gasteiger partial charge in [-0.15, -0.1) is 0 Å². The first-order chi connectivity index (χ1) is 13.1. The van der Waals surface area contributed by atoms with Crippen LogP contribution < -0.4 is 5.32 Å². The molecule has 1 atom stereocenters. The third-order valence-electron chi connectivity index (χ3n) is 4.98. The van der Waals surface area contributed by atoms with Crippen LogP contribution in [-0.2, 0) is 19.9 Å². The minimum atomic E-state index is -0.166. The zero-order chi connectivity index (χ0) is 19.1. The maximum absolute atomic E-state index is 13.3. The topological polar surface area (TPSA) is 45.5 Å². The predicted octanol–water partition coefficient (Wildman–Crippen LogP) is 3.02. The number of aryl methyl sites for hydroxylation is 2. The molecule has 0 saturated carbocycles. The number of benzene rings is 1. The fourth-order valence-electron chi connectivity index (χ4n) is 3.69. The molecule has 146 valence electrons. The van der Waals surface area contributed by atoms with Gasteiger partial charge in [0.25, 0.3) is 0 Å². The minimum Gasteiger partial charge on any atom is -0.357 e. The molecule has 1 aromatic heterocycles. The van der Waals surface area contributed by atoms with E-state index in [4.69, 9.17) is 4.99 Å². The van der Waals surface area contributed by atoms with E-state index in [1.165, 1.54) is 18.1 Å². The van der Waals surface area contributed by atoms with Crippen LogP contribution in [0.3, 0.4) is 0 Å². The summed E-state index contributed by atoms with van der Waals surface area (Å²) in [5.74, 6) is 1.48. The fourth-order valence-corrected chi connectivity index (χ4v) is 3.69. The summed E-state index contributed by atoms with van der Waals surface area (Å²) in [6.45, 7) is 5.80. The number of nitrogens with zero attached hydrogens (tertiary/aromatic N) is 4. The van der Waals surface area contributed by atoms with Crippen LogP contribution in [0.15, 0.2) is 41.7 Å². The van der Waals surface area contributed by atoms with Crippen molar-refractivity contribution in [2.45, 2.75) is 32.6 Å². The van der Waals surface area contributed by atoms with Crippen LogP contribution in [0.4, 0.5) is 4.39 Å². The fraction of sp³-hybridized carbons (Fsp3) is 0.524. The summed E-state index contributed by atoms with van der Waals surface area (Å²) in [5, 5.41) is 7.69. The van der Waals surface area contributed by atoms with Crippen molar-refractivity contribution in [3.63, 3.8) is 0 Å². The van der Waals surface area contributed by atoms with E-state index >= 15 is 0 Å². The number of guanidine groups is 1. The Morgan fingerprint density at radius 2 is 2.26 bits per heavy atom. The van der Waals surface area contributed by atoms with Gasteiger partial charge >= 0.3 is 0 Å². The van der Waals surface area contributed by atoms with Gasteiger partial charge in [0.2, 0.25) is 0 Å². The zero-order valence-electron chi connectivity index (χ0n) is 16.4. The average molecular weight is 372 g/mol. The number of rotatable bonds is 7. The van der Waals surface area contributed by atoms with E-state index in [2.05, 4.69) is 28.4 Å². The lowest BCUT2D eigenvalue weighted by Crippen LogP contribution is -2.40. The second-order valence-electron chi connectivity index (χ2n) is 7.30. The van der Waals surface area contributed by atoms with Crippen molar-refractivity contribution in [1.29, 1.82) is 0 Å². The molecule has 1 N–H and O–H groups in total. The van der Waals surface area contributed by atoms with E-state index in [9.17, 15) is 4.39 Å². The first-order valence-electron chi connectivity index (χ1n) is 9.89. The molecule has 1 fully saturated rings. The zero-order valence-corrected chi connectivity index (χ0v) is 16.4. The van der Waals surface area contributed by atoms with Gasteiger partial charge in [0.1, 0.15) is 5.82 Å². The van der Waals surface area contributed by atoms with Crippen LogP contribution in [0.25, 0.3) is 0 Å². The van der Waals surface area contributed by atoms with Crippen molar-refractivity contribution in [2.75, 3.05) is 26.2 Å². The molecule has 0 bridgehead atoms. The number of hydrogen-bond acceptors (Lipinski definition) is 2. The van der Waals surface area contributed by atoms with E-state index in [0.29, 0.717) is 5.92 Å². The maximum Gasteiger partial charge on any atom is 0.193 e. The van der Waals surface area contributed by atoms with Crippen LogP contribution in [0.2, 0.25) is 0 Å². The SMILES string of the molecule is CCNC(=NCCCc1cccc(F)c1)N1CCC(Cc2cnn(C)c2)C1. The molecule has 1 saturated heterocycles. The number of nitrogens with one attached hydrogen (secondary N) is 1. The van der Waals surface area contributed by atoms with E-state index < -0.39 is 0 Å². The van der Waals surface area contributed by atoms with Gasteiger partial charge in [-0.3, -0.25) is 9.67 Å². The number of likely N-dealkylation sites (tertiary alicyclic amines) is 1. The normalized spacial score (nSPS) is 17.5. The first-order valence-corrected chi connectivity index (χ1v) is 9.89. The Morgan fingerprint density at radius 1 is 1.37 bits per heavy atom. The molecule has 0 radical (unpaired) electrons. The highest BCUT2D eigenvalue weighted by molar-refractivity contribution is 5.80. The molecular weight excluding hydrogens is 341 g/mol. The molecule has 3 rings (SSSR count). The number of halogens is 1. The maximum atomic E-state index is 13.3. The Balaban J connectivity index is 1.49. The molecular formula is C21H30FN5. The third kappa shape index (κ3) is 5.81. The van der Waals surface area contributed by atoms with Gasteiger partial charge in [-0.25, -0.2) is 4.39 Å². The molecule has 5 nitrogen and oxygen atoms in total. The summed E-state index contributed by atoms with van der Waals surface area (Å²) in [5.41, 5.74) is 2.34. The van der Waals surface area contributed by atoms with Crippen molar-refractivity contribution in [1.82, 2.24) is 20.0 Å². The van der Waals surface area contributed by atoms with Crippen LogP contribution in [-0.4, -0.2) is 46.8 Å². The number of aromatic nitrogens is 2. The molecule has 0 aliphatic carbocycles. The van der Waals surface area contributed by atoms with Crippen molar-refractivity contribution in [3.8, 4) is 0 Å². The van der Waals surface area contributed by atoms with Gasteiger partial charge < -0.3 is 10.2 Å². The largest absolute Gasteiger partial charge is 0.357 e. The first kappa shape index (κ1) is 19.4. The summed E-state index contributed by atoms with van der Waals surface area (Å²) in [6.07, 6.45) is 8.10. The van der Waals surface area contributed by atoms with Gasteiger partial charge in [0, 0.05) is 39.4 Å². The van der Waals surface area contributed by atoms with Crippen molar-refractivity contribution in [3.05, 3.63) is 53.6 Å². The van der Waals surface area contributed by atoms with Gasteiger partial charge in [-0.1, -0.05) is 12.1 Å². The smallest absolute Gasteiger partial charge is 0.193 e. The number of aliphatic imine (C=N–C) groups is 1. The molecule has 1 aliphatic rings. The predicted molar refractivity (Wildman–Crippen MR) is 107 cm³/mol. The lowest BCUT2D eigenvalue weighted by molar-refractivity contribution is 0.459. The molecule has 1 aliphatic heterocycles. The van der Waals surface area contributed by atoms with E-state index in [1.54, 1.807) is 12.1 Å². The summed E-state index contributed by atoms with van der Waals surface area (Å²) in [7, 11) is 1.96. The van der Waals surface area contributed by atoms with E-state index in [0.717, 1.165) is 57.0 Å². The van der Waals surface area contributed by atoms with Crippen molar-refractivity contribution >= 4 is 5.96 Å². The summed E-state index contributed by atoms with van der Waals surface area (Å²) < 4.78 is 15.1. The summed E-state index contributed by atoms with van der Waals surface area (Å²) in [4.78, 5) is 7.17. The van der Waals surface area contributed by atoms with Gasteiger partial charge in [0.15, 0.2) is 5.96 Å². The third-order valence-corrected chi connectivity index (χ3v) is 4.98.